The zero-order valence-electron chi connectivity index (χ0n) is 18.8. The van der Waals surface area contributed by atoms with Crippen LogP contribution in [0.2, 0.25) is 0 Å². The summed E-state index contributed by atoms with van der Waals surface area (Å²) >= 11 is 0. The quantitative estimate of drug-likeness (QED) is 0.351. The molecule has 2 unspecified atom stereocenters. The van der Waals surface area contributed by atoms with Crippen LogP contribution in [0.5, 0.6) is 0 Å². The molecule has 0 aliphatic heterocycles. The van der Waals surface area contributed by atoms with Crippen molar-refractivity contribution < 1.29 is 23.4 Å². The number of aromatic nitrogens is 1. The zero-order chi connectivity index (χ0) is 24.5. The zero-order valence-corrected chi connectivity index (χ0v) is 18.8. The lowest BCUT2D eigenvalue weighted by molar-refractivity contribution is -0.151. The Kier molecular flexibility index (Phi) is 5.97. The fourth-order valence-electron chi connectivity index (χ4n) is 4.14. The van der Waals surface area contributed by atoms with E-state index in [1.165, 1.54) is 6.92 Å². The van der Waals surface area contributed by atoms with Gasteiger partial charge in [-0.1, -0.05) is 60.7 Å². The molecule has 1 heterocycles. The fraction of sp³-hybridized carbons (Fsp3) is 0.103. The van der Waals surface area contributed by atoms with Crippen LogP contribution < -0.4 is 0 Å². The molecule has 174 valence electrons. The molecule has 35 heavy (non-hydrogen) atoms. The van der Waals surface area contributed by atoms with Crippen LogP contribution in [0.3, 0.4) is 0 Å². The Hall–Kier alpha value is -4.16. The Morgan fingerprint density at radius 2 is 1.69 bits per heavy atom. The summed E-state index contributed by atoms with van der Waals surface area (Å²) in [4.78, 5) is 15.9. The van der Waals surface area contributed by atoms with Gasteiger partial charge in [0, 0.05) is 11.5 Å². The highest BCUT2D eigenvalue weighted by Crippen LogP contribution is 2.37. The predicted octanol–water partition coefficient (Wildman–Crippen LogP) is 6.75. The van der Waals surface area contributed by atoms with Crippen molar-refractivity contribution in [2.24, 2.45) is 0 Å². The number of fused-ring (bicyclic) bond motifs is 3. The lowest BCUT2D eigenvalue weighted by Gasteiger charge is -2.23. The van der Waals surface area contributed by atoms with Crippen molar-refractivity contribution in [3.8, 4) is 0 Å². The second kappa shape index (κ2) is 9.24. The van der Waals surface area contributed by atoms with Gasteiger partial charge in [0.2, 0.25) is 0 Å². The van der Waals surface area contributed by atoms with Gasteiger partial charge in [-0.05, 0) is 59.0 Å². The van der Waals surface area contributed by atoms with Crippen LogP contribution >= 0.6 is 0 Å². The molecular weight excluding hydrogens is 448 g/mol. The minimum atomic E-state index is -1.03. The summed E-state index contributed by atoms with van der Waals surface area (Å²) in [5, 5.41) is 9.97. The highest BCUT2D eigenvalue weighted by atomic mass is 19.2. The van der Waals surface area contributed by atoms with Crippen molar-refractivity contribution in [3.05, 3.63) is 112 Å². The van der Waals surface area contributed by atoms with E-state index in [2.05, 4.69) is 4.98 Å². The van der Waals surface area contributed by atoms with Gasteiger partial charge >= 0.3 is 5.97 Å². The summed E-state index contributed by atoms with van der Waals surface area (Å²) in [5.74, 6) is -2.87. The Labute approximate surface area is 200 Å². The smallest absolute Gasteiger partial charge is 0.332 e. The monoisotopic (exact) mass is 469 g/mol. The van der Waals surface area contributed by atoms with Gasteiger partial charge in [-0.25, -0.2) is 18.6 Å². The lowest BCUT2D eigenvalue weighted by Crippen LogP contribution is -2.23. The van der Waals surface area contributed by atoms with Gasteiger partial charge in [0.1, 0.15) is 6.10 Å². The summed E-state index contributed by atoms with van der Waals surface area (Å²) in [7, 11) is 0. The number of benzene rings is 3. The predicted molar refractivity (Wildman–Crippen MR) is 132 cm³/mol. The van der Waals surface area contributed by atoms with Crippen LogP contribution in [0.1, 0.15) is 46.5 Å². The van der Waals surface area contributed by atoms with Crippen LogP contribution in [0.15, 0.2) is 66.7 Å². The van der Waals surface area contributed by atoms with Crippen LogP contribution in [-0.4, -0.2) is 22.2 Å². The van der Waals surface area contributed by atoms with Gasteiger partial charge in [0.25, 0.3) is 0 Å². The molecule has 2 atom stereocenters. The average Bonchev–Trinajstić information content (AvgIpc) is 3.00. The van der Waals surface area contributed by atoms with E-state index in [0.717, 1.165) is 39.9 Å². The second-order valence-electron chi connectivity index (χ2n) is 8.38. The van der Waals surface area contributed by atoms with E-state index in [1.807, 2.05) is 60.7 Å². The molecule has 0 saturated heterocycles. The Morgan fingerprint density at radius 3 is 2.49 bits per heavy atom. The van der Waals surface area contributed by atoms with Crippen molar-refractivity contribution in [3.63, 3.8) is 0 Å². The number of nitrogens with zero attached hydrogens (tertiary/aromatic N) is 1. The Morgan fingerprint density at radius 1 is 0.943 bits per heavy atom. The van der Waals surface area contributed by atoms with Gasteiger partial charge < -0.3 is 9.84 Å². The minimum Gasteiger partial charge on any atom is -0.479 e. The standard InChI is InChI=1S/C29H21F2NO3/c1-17(29(33)34)35-28-23-5-3-2-4-19(23)9-10-20-8-6-18(14-24(20)28)7-12-22-13-11-21-15-25(30)26(31)16-27(21)32-22/h2-17,28H,1H3,(H,33,34)/b12-7+. The largest absolute Gasteiger partial charge is 0.479 e. The highest BCUT2D eigenvalue weighted by molar-refractivity contribution is 5.82. The third-order valence-electron chi connectivity index (χ3n) is 6.00. The summed E-state index contributed by atoms with van der Waals surface area (Å²) < 4.78 is 33.1. The van der Waals surface area contributed by atoms with Crippen molar-refractivity contribution in [2.45, 2.75) is 19.1 Å². The third-order valence-corrected chi connectivity index (χ3v) is 6.00. The fourth-order valence-corrected chi connectivity index (χ4v) is 4.14. The van der Waals surface area contributed by atoms with E-state index in [9.17, 15) is 18.7 Å². The molecule has 1 N–H and O–H groups in total. The van der Waals surface area contributed by atoms with Crippen molar-refractivity contribution in [2.75, 3.05) is 0 Å². The Balaban J connectivity index is 1.52. The molecule has 6 heteroatoms. The molecular formula is C29H21F2NO3. The number of halogens is 2. The first-order chi connectivity index (χ1) is 16.9. The van der Waals surface area contributed by atoms with E-state index >= 15 is 0 Å². The number of carboxylic acid groups (broad SMARTS) is 1. The van der Waals surface area contributed by atoms with Crippen molar-refractivity contribution in [1.82, 2.24) is 4.98 Å². The first-order valence-corrected chi connectivity index (χ1v) is 11.1. The maximum Gasteiger partial charge on any atom is 0.332 e. The normalized spacial score (nSPS) is 15.6. The molecule has 4 aromatic rings. The SMILES string of the molecule is CC(OC1c2ccccc2C=Cc2ccc(/C=C/c3ccc4cc(F)c(F)cc4n3)cc21)C(=O)O. The maximum absolute atomic E-state index is 13.6. The molecule has 5 rings (SSSR count). The van der Waals surface area contributed by atoms with Crippen LogP contribution in [-0.2, 0) is 9.53 Å². The van der Waals surface area contributed by atoms with E-state index < -0.39 is 29.8 Å². The molecule has 0 fully saturated rings. The van der Waals surface area contributed by atoms with Gasteiger partial charge in [0.15, 0.2) is 17.7 Å². The van der Waals surface area contributed by atoms with Crippen LogP contribution in [0, 0.1) is 11.6 Å². The number of hydrogen-bond donors (Lipinski definition) is 1. The molecule has 1 aromatic heterocycles. The maximum atomic E-state index is 13.6. The summed E-state index contributed by atoms with van der Waals surface area (Å²) in [6, 6.07) is 19.3. The van der Waals surface area contributed by atoms with Crippen LogP contribution in [0.25, 0.3) is 35.2 Å². The molecule has 3 aromatic carbocycles. The number of hydrogen-bond acceptors (Lipinski definition) is 3. The average molecular weight is 469 g/mol. The molecule has 0 amide bonds. The van der Waals surface area contributed by atoms with Gasteiger partial charge in [-0.3, -0.25) is 0 Å². The summed E-state index contributed by atoms with van der Waals surface area (Å²) in [6.45, 7) is 1.52. The molecule has 0 saturated carbocycles. The molecule has 0 bridgehead atoms. The number of carboxylic acids is 1. The molecule has 1 aliphatic carbocycles. The first-order valence-electron chi connectivity index (χ1n) is 11.1. The molecule has 1 aliphatic rings. The third kappa shape index (κ3) is 4.61. The number of carbonyl (C=O) groups is 1. The van der Waals surface area contributed by atoms with Crippen molar-refractivity contribution >= 4 is 41.2 Å². The van der Waals surface area contributed by atoms with E-state index in [0.29, 0.717) is 16.6 Å². The summed E-state index contributed by atoms with van der Waals surface area (Å²) in [6.07, 6.45) is 6.09. The Bertz CT molecular complexity index is 1510. The highest BCUT2D eigenvalue weighted by Gasteiger charge is 2.26. The van der Waals surface area contributed by atoms with Gasteiger partial charge in [-0.2, -0.15) is 0 Å². The van der Waals surface area contributed by atoms with Gasteiger partial charge in [-0.15, -0.1) is 0 Å². The second-order valence-corrected chi connectivity index (χ2v) is 8.38. The van der Waals surface area contributed by atoms with E-state index in [4.69, 9.17) is 4.74 Å². The van der Waals surface area contributed by atoms with Crippen LogP contribution in [0.4, 0.5) is 8.78 Å². The molecule has 4 nitrogen and oxygen atoms in total. The van der Waals surface area contributed by atoms with E-state index in [-0.39, 0.29) is 0 Å². The number of ether oxygens (including phenoxy) is 1. The molecule has 0 radical (unpaired) electrons. The minimum absolute atomic E-state index is 0.367. The number of pyridine rings is 1. The van der Waals surface area contributed by atoms with Crippen molar-refractivity contribution in [1.29, 1.82) is 0 Å². The lowest BCUT2D eigenvalue weighted by atomic mass is 9.94. The first kappa shape index (κ1) is 22.6. The van der Waals surface area contributed by atoms with Gasteiger partial charge in [0.05, 0.1) is 11.2 Å². The number of aliphatic carboxylic acids is 1. The summed E-state index contributed by atoms with van der Waals surface area (Å²) in [5.41, 5.74) is 5.46. The topological polar surface area (TPSA) is 59.4 Å². The van der Waals surface area contributed by atoms with E-state index in [1.54, 1.807) is 18.2 Å². The molecule has 0 spiro atoms. The number of rotatable bonds is 5.